The number of aromatic carboxylic acids is 1. The number of carboxylic acids is 1. The van der Waals surface area contributed by atoms with Crippen LogP contribution in [0.5, 0.6) is 0 Å². The molecule has 1 heterocycles. The number of hydrogen-bond donors (Lipinski definition) is 2. The second kappa shape index (κ2) is 9.38. The Labute approximate surface area is 181 Å². The number of esters is 1. The summed E-state index contributed by atoms with van der Waals surface area (Å²) in [6, 6.07) is 10.8. The number of hydrogen-bond acceptors (Lipinski definition) is 6. The summed E-state index contributed by atoms with van der Waals surface area (Å²) in [5.74, 6) is -1.77. The Morgan fingerprint density at radius 3 is 2.68 bits per heavy atom. The molecule has 1 saturated heterocycles. The van der Waals surface area contributed by atoms with E-state index in [1.165, 1.54) is 18.2 Å². The van der Waals surface area contributed by atoms with Crippen molar-refractivity contribution in [2.24, 2.45) is 5.92 Å². The minimum absolute atomic E-state index is 0.0374. The van der Waals surface area contributed by atoms with Crippen LogP contribution < -0.4 is 9.62 Å². The summed E-state index contributed by atoms with van der Waals surface area (Å²) < 4.78 is 33.6. The standard InChI is InChI=1S/C22H26N2O6S/c1-3-30-22(27)17-7-5-11-24(14-17)20-10-9-16(21(25)26)13-19(20)23-31(28,29)18-8-4-6-15(2)12-18/h4,6,8-10,12-13,17,23H,3,5,7,11,14H2,1-2H3,(H,25,26)/t17-/m1/s1. The number of carbonyl (C=O) groups excluding carboxylic acids is 1. The SMILES string of the molecule is CCOC(=O)[C@@H]1CCCN(c2ccc(C(=O)O)cc2NS(=O)(=O)c2cccc(C)c2)C1. The molecule has 166 valence electrons. The van der Waals surface area contributed by atoms with Gasteiger partial charge in [0, 0.05) is 13.1 Å². The van der Waals surface area contributed by atoms with Crippen molar-refractivity contribution < 1.29 is 27.9 Å². The van der Waals surface area contributed by atoms with Crippen LogP contribution in [0.3, 0.4) is 0 Å². The maximum atomic E-state index is 13.0. The summed E-state index contributed by atoms with van der Waals surface area (Å²) in [7, 11) is -3.94. The molecule has 2 aromatic carbocycles. The monoisotopic (exact) mass is 446 g/mol. The zero-order valence-corrected chi connectivity index (χ0v) is 18.3. The lowest BCUT2D eigenvalue weighted by Crippen LogP contribution is -2.39. The zero-order valence-electron chi connectivity index (χ0n) is 17.5. The molecule has 2 N–H and O–H groups in total. The minimum Gasteiger partial charge on any atom is -0.478 e. The number of carbonyl (C=O) groups is 2. The van der Waals surface area contributed by atoms with E-state index in [9.17, 15) is 23.1 Å². The second-order valence-electron chi connectivity index (χ2n) is 7.50. The summed E-state index contributed by atoms with van der Waals surface area (Å²) >= 11 is 0. The van der Waals surface area contributed by atoms with Crippen molar-refractivity contribution in [3.05, 3.63) is 53.6 Å². The van der Waals surface area contributed by atoms with Crippen LogP contribution in [0.4, 0.5) is 11.4 Å². The summed E-state index contributed by atoms with van der Waals surface area (Å²) in [4.78, 5) is 25.7. The molecule has 0 spiro atoms. The third-order valence-corrected chi connectivity index (χ3v) is 6.53. The van der Waals surface area contributed by atoms with Crippen LogP contribution in [0.25, 0.3) is 0 Å². The Kier molecular flexibility index (Phi) is 6.84. The first kappa shape index (κ1) is 22.6. The van der Waals surface area contributed by atoms with Crippen molar-refractivity contribution in [2.45, 2.75) is 31.6 Å². The quantitative estimate of drug-likeness (QED) is 0.628. The highest BCUT2D eigenvalue weighted by Gasteiger charge is 2.29. The number of sulfonamides is 1. The number of aryl methyl sites for hydroxylation is 1. The first-order valence-corrected chi connectivity index (χ1v) is 11.6. The van der Waals surface area contributed by atoms with Gasteiger partial charge in [0.2, 0.25) is 0 Å². The van der Waals surface area contributed by atoms with Crippen molar-refractivity contribution in [3.63, 3.8) is 0 Å². The average molecular weight is 447 g/mol. The minimum atomic E-state index is -3.94. The van der Waals surface area contributed by atoms with Gasteiger partial charge in [-0.05, 0) is 62.6 Å². The number of piperidine rings is 1. The summed E-state index contributed by atoms with van der Waals surface area (Å²) in [6.45, 7) is 4.82. The van der Waals surface area contributed by atoms with Gasteiger partial charge in [0.05, 0.1) is 34.4 Å². The third-order valence-electron chi connectivity index (χ3n) is 5.17. The van der Waals surface area contributed by atoms with E-state index >= 15 is 0 Å². The molecule has 3 rings (SSSR count). The van der Waals surface area contributed by atoms with Gasteiger partial charge >= 0.3 is 11.9 Å². The molecule has 0 radical (unpaired) electrons. The van der Waals surface area contributed by atoms with Crippen LogP contribution in [0, 0.1) is 12.8 Å². The van der Waals surface area contributed by atoms with Gasteiger partial charge in [0.1, 0.15) is 0 Å². The van der Waals surface area contributed by atoms with Crippen LogP contribution in [0.2, 0.25) is 0 Å². The molecule has 2 aromatic rings. The van der Waals surface area contributed by atoms with Crippen LogP contribution in [-0.4, -0.2) is 45.2 Å². The number of anilines is 2. The van der Waals surface area contributed by atoms with E-state index in [2.05, 4.69) is 4.72 Å². The van der Waals surface area contributed by atoms with Crippen LogP contribution in [0.15, 0.2) is 47.4 Å². The highest BCUT2D eigenvalue weighted by atomic mass is 32.2. The van der Waals surface area contributed by atoms with Crippen molar-refractivity contribution in [2.75, 3.05) is 29.3 Å². The number of nitrogens with one attached hydrogen (secondary N) is 1. The molecule has 0 saturated carbocycles. The van der Waals surface area contributed by atoms with Gasteiger partial charge in [-0.15, -0.1) is 0 Å². The maximum absolute atomic E-state index is 13.0. The van der Waals surface area contributed by atoms with Crippen molar-refractivity contribution >= 4 is 33.3 Å². The normalized spacial score (nSPS) is 16.6. The van der Waals surface area contributed by atoms with E-state index in [-0.39, 0.29) is 28.0 Å². The van der Waals surface area contributed by atoms with Crippen LogP contribution >= 0.6 is 0 Å². The van der Waals surface area contributed by atoms with Crippen LogP contribution in [0.1, 0.15) is 35.7 Å². The molecule has 0 aliphatic carbocycles. The molecule has 31 heavy (non-hydrogen) atoms. The Morgan fingerprint density at radius 1 is 1.23 bits per heavy atom. The van der Waals surface area contributed by atoms with Gasteiger partial charge in [-0.1, -0.05) is 12.1 Å². The lowest BCUT2D eigenvalue weighted by molar-refractivity contribution is -0.148. The third kappa shape index (κ3) is 5.35. The van der Waals surface area contributed by atoms with Crippen molar-refractivity contribution in [1.29, 1.82) is 0 Å². The van der Waals surface area contributed by atoms with E-state index < -0.39 is 16.0 Å². The Morgan fingerprint density at radius 2 is 2.00 bits per heavy atom. The van der Waals surface area contributed by atoms with Gasteiger partial charge < -0.3 is 14.7 Å². The number of nitrogens with zero attached hydrogens (tertiary/aromatic N) is 1. The fraction of sp³-hybridized carbons (Fsp3) is 0.364. The first-order chi connectivity index (χ1) is 14.7. The molecule has 0 aromatic heterocycles. The lowest BCUT2D eigenvalue weighted by atomic mass is 9.97. The smallest absolute Gasteiger partial charge is 0.335 e. The predicted molar refractivity (Wildman–Crippen MR) is 117 cm³/mol. The Hall–Kier alpha value is -3.07. The molecule has 1 fully saturated rings. The molecule has 0 amide bonds. The number of ether oxygens (including phenoxy) is 1. The fourth-order valence-electron chi connectivity index (χ4n) is 3.66. The predicted octanol–water partition coefficient (Wildman–Crippen LogP) is 3.27. The van der Waals surface area contributed by atoms with E-state index in [0.717, 1.165) is 12.0 Å². The van der Waals surface area contributed by atoms with E-state index in [1.54, 1.807) is 38.1 Å². The first-order valence-electron chi connectivity index (χ1n) is 10.1. The molecule has 0 bridgehead atoms. The van der Waals surface area contributed by atoms with Gasteiger partial charge in [-0.25, -0.2) is 13.2 Å². The Bertz CT molecular complexity index is 1080. The van der Waals surface area contributed by atoms with Crippen molar-refractivity contribution in [3.8, 4) is 0 Å². The number of benzene rings is 2. The van der Waals surface area contributed by atoms with Gasteiger partial charge in [0.25, 0.3) is 10.0 Å². The molecular formula is C22H26N2O6S. The van der Waals surface area contributed by atoms with E-state index in [0.29, 0.717) is 31.8 Å². The highest BCUT2D eigenvalue weighted by Crippen LogP contribution is 2.33. The molecule has 0 unspecified atom stereocenters. The second-order valence-corrected chi connectivity index (χ2v) is 9.18. The molecule has 1 atom stereocenters. The topological polar surface area (TPSA) is 113 Å². The number of rotatable bonds is 7. The molecule has 8 nitrogen and oxygen atoms in total. The molecule has 9 heteroatoms. The molecule has 1 aliphatic heterocycles. The summed E-state index contributed by atoms with van der Waals surface area (Å²) in [6.07, 6.45) is 1.42. The maximum Gasteiger partial charge on any atom is 0.335 e. The van der Waals surface area contributed by atoms with Crippen molar-refractivity contribution in [1.82, 2.24) is 0 Å². The lowest BCUT2D eigenvalue weighted by Gasteiger charge is -2.34. The fourth-order valence-corrected chi connectivity index (χ4v) is 4.83. The van der Waals surface area contributed by atoms with Crippen LogP contribution in [-0.2, 0) is 19.6 Å². The average Bonchev–Trinajstić information content (AvgIpc) is 2.73. The van der Waals surface area contributed by atoms with E-state index in [4.69, 9.17) is 4.74 Å². The highest BCUT2D eigenvalue weighted by molar-refractivity contribution is 7.92. The molecule has 1 aliphatic rings. The Balaban J connectivity index is 1.96. The van der Waals surface area contributed by atoms with Gasteiger partial charge in [0.15, 0.2) is 0 Å². The molecular weight excluding hydrogens is 420 g/mol. The van der Waals surface area contributed by atoms with Gasteiger partial charge in [-0.2, -0.15) is 0 Å². The summed E-state index contributed by atoms with van der Waals surface area (Å²) in [5, 5.41) is 9.38. The largest absolute Gasteiger partial charge is 0.478 e. The van der Waals surface area contributed by atoms with E-state index in [1.807, 2.05) is 4.90 Å². The zero-order chi connectivity index (χ0) is 22.6. The summed E-state index contributed by atoms with van der Waals surface area (Å²) in [5.41, 5.74) is 1.43. The van der Waals surface area contributed by atoms with Gasteiger partial charge in [-0.3, -0.25) is 9.52 Å². The number of carboxylic acid groups (broad SMARTS) is 1.